The van der Waals surface area contributed by atoms with Crippen molar-refractivity contribution in [3.63, 3.8) is 0 Å². The lowest BCUT2D eigenvalue weighted by molar-refractivity contribution is 0.283. The molecule has 2 nitrogen and oxygen atoms in total. The van der Waals surface area contributed by atoms with Crippen LogP contribution in [0.2, 0.25) is 0 Å². The highest BCUT2D eigenvalue weighted by Crippen LogP contribution is 2.24. The zero-order valence-electron chi connectivity index (χ0n) is 11.8. The monoisotopic (exact) mass is 238 g/mol. The van der Waals surface area contributed by atoms with E-state index in [2.05, 4.69) is 24.1 Å². The minimum Gasteiger partial charge on any atom is -0.314 e. The second-order valence-corrected chi connectivity index (χ2v) is 6.38. The van der Waals surface area contributed by atoms with Gasteiger partial charge in [0, 0.05) is 12.6 Å². The zero-order valence-corrected chi connectivity index (χ0v) is 11.8. The van der Waals surface area contributed by atoms with Gasteiger partial charge in [0.05, 0.1) is 0 Å². The van der Waals surface area contributed by atoms with Crippen molar-refractivity contribution in [3.8, 4) is 0 Å². The number of piperidine rings is 1. The van der Waals surface area contributed by atoms with Crippen molar-refractivity contribution < 1.29 is 0 Å². The maximum atomic E-state index is 3.65. The molecule has 2 aliphatic rings. The van der Waals surface area contributed by atoms with Crippen LogP contribution in [0.15, 0.2) is 0 Å². The molecule has 0 bridgehead atoms. The van der Waals surface area contributed by atoms with Crippen LogP contribution >= 0.6 is 0 Å². The van der Waals surface area contributed by atoms with Crippen LogP contribution in [0.5, 0.6) is 0 Å². The van der Waals surface area contributed by atoms with E-state index in [1.807, 2.05) is 0 Å². The molecular weight excluding hydrogens is 208 g/mol. The fourth-order valence-corrected chi connectivity index (χ4v) is 3.34. The van der Waals surface area contributed by atoms with Gasteiger partial charge in [0.1, 0.15) is 0 Å². The van der Waals surface area contributed by atoms with Crippen molar-refractivity contribution in [2.24, 2.45) is 11.8 Å². The van der Waals surface area contributed by atoms with Crippen molar-refractivity contribution in [1.82, 2.24) is 10.2 Å². The summed E-state index contributed by atoms with van der Waals surface area (Å²) in [5.74, 6) is 1.84. The Balaban J connectivity index is 1.56. The molecule has 17 heavy (non-hydrogen) atoms. The van der Waals surface area contributed by atoms with E-state index < -0.39 is 0 Å². The number of rotatable bonds is 5. The van der Waals surface area contributed by atoms with E-state index in [0.717, 1.165) is 17.9 Å². The molecule has 2 fully saturated rings. The van der Waals surface area contributed by atoms with Crippen molar-refractivity contribution in [3.05, 3.63) is 0 Å². The maximum absolute atomic E-state index is 3.65. The first-order valence-electron chi connectivity index (χ1n) is 7.71. The molecule has 2 rings (SSSR count). The molecule has 2 atom stereocenters. The molecular formula is C15H30N2. The number of nitrogens with zero attached hydrogens (tertiary/aromatic N) is 1. The van der Waals surface area contributed by atoms with Crippen molar-refractivity contribution >= 4 is 0 Å². The van der Waals surface area contributed by atoms with Gasteiger partial charge in [-0.25, -0.2) is 0 Å². The number of likely N-dealkylation sites (tertiary alicyclic amines) is 1. The minimum atomic E-state index is 0.826. The molecule has 0 aromatic heterocycles. The van der Waals surface area contributed by atoms with Gasteiger partial charge in [0.15, 0.2) is 0 Å². The summed E-state index contributed by atoms with van der Waals surface area (Å²) in [5, 5.41) is 3.65. The first-order chi connectivity index (χ1) is 8.25. The van der Waals surface area contributed by atoms with Gasteiger partial charge in [0.25, 0.3) is 0 Å². The van der Waals surface area contributed by atoms with Crippen LogP contribution in [-0.2, 0) is 0 Å². The fourth-order valence-electron chi connectivity index (χ4n) is 3.34. The van der Waals surface area contributed by atoms with E-state index >= 15 is 0 Å². The summed E-state index contributed by atoms with van der Waals surface area (Å²) < 4.78 is 0. The van der Waals surface area contributed by atoms with Gasteiger partial charge in [-0.2, -0.15) is 0 Å². The average molecular weight is 238 g/mol. The van der Waals surface area contributed by atoms with E-state index in [1.54, 1.807) is 0 Å². The van der Waals surface area contributed by atoms with Crippen LogP contribution in [0.4, 0.5) is 0 Å². The third-order valence-corrected chi connectivity index (χ3v) is 4.69. The third-order valence-electron chi connectivity index (χ3n) is 4.69. The molecule has 0 amide bonds. The first kappa shape index (κ1) is 13.4. The number of hydrogen-bond donors (Lipinski definition) is 1. The van der Waals surface area contributed by atoms with Crippen molar-refractivity contribution in [2.45, 2.75) is 58.4 Å². The van der Waals surface area contributed by atoms with Crippen LogP contribution in [0.1, 0.15) is 52.4 Å². The van der Waals surface area contributed by atoms with Crippen molar-refractivity contribution in [2.75, 3.05) is 26.2 Å². The molecule has 100 valence electrons. The first-order valence-corrected chi connectivity index (χ1v) is 7.71. The highest BCUT2D eigenvalue weighted by molar-refractivity contribution is 4.78. The lowest BCUT2D eigenvalue weighted by atomic mass is 9.95. The summed E-state index contributed by atoms with van der Waals surface area (Å²) in [5.41, 5.74) is 0. The van der Waals surface area contributed by atoms with Crippen LogP contribution in [-0.4, -0.2) is 37.1 Å². The molecule has 2 heteroatoms. The normalized spacial score (nSPS) is 31.2. The Kier molecular flexibility index (Phi) is 5.30. The SMILES string of the molecule is CC(C)C1CCN(CCCC2CCCCN2)C1. The second kappa shape index (κ2) is 6.75. The Bertz CT molecular complexity index is 209. The average Bonchev–Trinajstić information content (AvgIpc) is 2.79. The predicted molar refractivity (Wildman–Crippen MR) is 74.3 cm³/mol. The fraction of sp³-hybridized carbons (Fsp3) is 1.00. The number of nitrogens with one attached hydrogen (secondary N) is 1. The van der Waals surface area contributed by atoms with Gasteiger partial charge in [0.2, 0.25) is 0 Å². The van der Waals surface area contributed by atoms with Crippen LogP contribution in [0, 0.1) is 11.8 Å². The largest absolute Gasteiger partial charge is 0.314 e. The van der Waals surface area contributed by atoms with Gasteiger partial charge in [-0.05, 0) is 63.6 Å². The molecule has 0 radical (unpaired) electrons. The second-order valence-electron chi connectivity index (χ2n) is 6.38. The maximum Gasteiger partial charge on any atom is 0.00675 e. The molecule has 2 aliphatic heterocycles. The summed E-state index contributed by atoms with van der Waals surface area (Å²) >= 11 is 0. The van der Waals surface area contributed by atoms with Gasteiger partial charge in [-0.1, -0.05) is 20.3 Å². The molecule has 0 saturated carbocycles. The van der Waals surface area contributed by atoms with Crippen LogP contribution < -0.4 is 5.32 Å². The van der Waals surface area contributed by atoms with Gasteiger partial charge >= 0.3 is 0 Å². The molecule has 0 spiro atoms. The molecule has 0 aliphatic carbocycles. The summed E-state index contributed by atoms with van der Waals surface area (Å²) in [6.45, 7) is 10.0. The lowest BCUT2D eigenvalue weighted by Crippen LogP contribution is -2.34. The number of hydrogen-bond acceptors (Lipinski definition) is 2. The summed E-state index contributed by atoms with van der Waals surface area (Å²) in [6, 6.07) is 0.826. The standard InChI is InChI=1S/C15H30N2/c1-13(2)14-8-11-17(12-14)10-5-7-15-6-3-4-9-16-15/h13-16H,3-12H2,1-2H3. The summed E-state index contributed by atoms with van der Waals surface area (Å²) in [4.78, 5) is 2.69. The molecule has 0 aromatic rings. The Morgan fingerprint density at radius 3 is 2.76 bits per heavy atom. The van der Waals surface area contributed by atoms with E-state index in [1.165, 1.54) is 64.7 Å². The summed E-state index contributed by atoms with van der Waals surface area (Å²) in [6.07, 6.45) is 8.45. The van der Waals surface area contributed by atoms with Crippen LogP contribution in [0.25, 0.3) is 0 Å². The molecule has 2 unspecified atom stereocenters. The highest BCUT2D eigenvalue weighted by atomic mass is 15.1. The Morgan fingerprint density at radius 2 is 2.12 bits per heavy atom. The van der Waals surface area contributed by atoms with Gasteiger partial charge in [-0.15, -0.1) is 0 Å². The zero-order chi connectivity index (χ0) is 12.1. The van der Waals surface area contributed by atoms with Gasteiger partial charge < -0.3 is 10.2 Å². The van der Waals surface area contributed by atoms with Crippen LogP contribution in [0.3, 0.4) is 0 Å². The van der Waals surface area contributed by atoms with E-state index in [4.69, 9.17) is 0 Å². The van der Waals surface area contributed by atoms with Gasteiger partial charge in [-0.3, -0.25) is 0 Å². The molecule has 1 N–H and O–H groups in total. The van der Waals surface area contributed by atoms with E-state index in [0.29, 0.717) is 0 Å². The summed E-state index contributed by atoms with van der Waals surface area (Å²) in [7, 11) is 0. The molecule has 0 aromatic carbocycles. The molecule has 2 saturated heterocycles. The quantitative estimate of drug-likeness (QED) is 0.792. The highest BCUT2D eigenvalue weighted by Gasteiger charge is 2.24. The molecule has 2 heterocycles. The lowest BCUT2D eigenvalue weighted by Gasteiger charge is -2.24. The third kappa shape index (κ3) is 4.26. The van der Waals surface area contributed by atoms with E-state index in [-0.39, 0.29) is 0 Å². The topological polar surface area (TPSA) is 15.3 Å². The Morgan fingerprint density at radius 1 is 1.24 bits per heavy atom. The Hall–Kier alpha value is -0.0800. The van der Waals surface area contributed by atoms with Crippen molar-refractivity contribution in [1.29, 1.82) is 0 Å². The predicted octanol–water partition coefficient (Wildman–Crippen LogP) is 2.89. The smallest absolute Gasteiger partial charge is 0.00675 e. The Labute approximate surface area is 107 Å². The minimum absolute atomic E-state index is 0.826. The van der Waals surface area contributed by atoms with E-state index in [9.17, 15) is 0 Å².